The third kappa shape index (κ3) is 4.20. The fourth-order valence-electron chi connectivity index (χ4n) is 4.35. The highest BCUT2D eigenvalue weighted by Gasteiger charge is 2.44. The first-order valence-electron chi connectivity index (χ1n) is 11.5. The zero-order chi connectivity index (χ0) is 25.4. The summed E-state index contributed by atoms with van der Waals surface area (Å²) in [5, 5.41) is 11.7. The normalized spacial score (nSPS) is 15.6. The van der Waals surface area contributed by atoms with Crippen LogP contribution in [0.5, 0.6) is 0 Å². The molecule has 4 aromatic rings. The molecule has 1 amide bonds. The molecule has 1 aliphatic heterocycles. The Morgan fingerprint density at radius 1 is 1.08 bits per heavy atom. The second kappa shape index (κ2) is 9.47. The number of amides is 1. The first-order valence-corrected chi connectivity index (χ1v) is 12.3. The van der Waals surface area contributed by atoms with Crippen LogP contribution in [0.15, 0.2) is 88.7 Å². The average Bonchev–Trinajstić information content (AvgIpc) is 3.60. The fourth-order valence-corrected chi connectivity index (χ4v) is 5.38. The van der Waals surface area contributed by atoms with Crippen LogP contribution in [0.4, 0.5) is 5.69 Å². The molecule has 2 aromatic carbocycles. The molecule has 1 atom stereocenters. The minimum absolute atomic E-state index is 0.0514. The molecule has 0 aliphatic carbocycles. The highest BCUT2D eigenvalue weighted by Crippen LogP contribution is 2.42. The van der Waals surface area contributed by atoms with Crippen molar-refractivity contribution in [3.63, 3.8) is 0 Å². The van der Waals surface area contributed by atoms with Crippen molar-refractivity contribution < 1.29 is 19.1 Å². The van der Waals surface area contributed by atoms with E-state index in [0.717, 1.165) is 16.8 Å². The first-order chi connectivity index (χ1) is 17.3. The number of Topliss-reactive ketones (excluding diaryl/α,β-unsaturated/α-hetero) is 1. The molecule has 3 heterocycles. The van der Waals surface area contributed by atoms with Crippen molar-refractivity contribution in [3.05, 3.63) is 106 Å². The van der Waals surface area contributed by atoms with Gasteiger partial charge in [-0.25, -0.2) is 4.98 Å². The van der Waals surface area contributed by atoms with Crippen LogP contribution in [-0.4, -0.2) is 40.8 Å². The number of hydrogen-bond donors (Lipinski definition) is 1. The highest BCUT2D eigenvalue weighted by molar-refractivity contribution is 7.17. The lowest BCUT2D eigenvalue weighted by Crippen LogP contribution is -2.30. The number of aromatic nitrogens is 1. The number of hydrogen-bond acceptors (Lipinski definition) is 7. The van der Waals surface area contributed by atoms with Gasteiger partial charge in [-0.2, -0.15) is 0 Å². The topological polar surface area (TPSA) is 86.9 Å². The van der Waals surface area contributed by atoms with Crippen molar-refractivity contribution in [2.75, 3.05) is 19.0 Å². The molecule has 182 valence electrons. The third-order valence-corrected chi connectivity index (χ3v) is 7.41. The Kier molecular flexibility index (Phi) is 6.20. The maximum Gasteiger partial charge on any atom is 0.290 e. The Morgan fingerprint density at radius 3 is 2.44 bits per heavy atom. The molecular weight excluding hydrogens is 474 g/mol. The molecule has 7 nitrogen and oxygen atoms in total. The molecule has 1 unspecified atom stereocenters. The minimum atomic E-state index is -0.770. The number of carbonyl (C=O) groups is 2. The maximum atomic E-state index is 13.9. The summed E-state index contributed by atoms with van der Waals surface area (Å²) in [7, 11) is 3.88. The summed E-state index contributed by atoms with van der Waals surface area (Å²) in [6.45, 7) is 1.88. The second-order valence-electron chi connectivity index (χ2n) is 8.79. The van der Waals surface area contributed by atoms with Gasteiger partial charge in [0.15, 0.2) is 5.76 Å². The summed E-state index contributed by atoms with van der Waals surface area (Å²) in [4.78, 5) is 35.6. The molecule has 0 fully saturated rings. The van der Waals surface area contributed by atoms with Crippen molar-refractivity contribution in [2.24, 2.45) is 0 Å². The molecule has 2 aromatic heterocycles. The van der Waals surface area contributed by atoms with Crippen molar-refractivity contribution in [2.45, 2.75) is 19.5 Å². The van der Waals surface area contributed by atoms with E-state index in [1.807, 2.05) is 73.6 Å². The number of rotatable bonds is 7. The number of furan rings is 1. The van der Waals surface area contributed by atoms with Gasteiger partial charge in [0.05, 0.1) is 35.0 Å². The number of nitrogens with zero attached hydrogens (tertiary/aromatic N) is 3. The van der Waals surface area contributed by atoms with Crippen molar-refractivity contribution in [3.8, 4) is 10.6 Å². The number of carbonyl (C=O) groups excluding carboxylic acids is 2. The summed E-state index contributed by atoms with van der Waals surface area (Å²) in [5.74, 6) is -0.994. The Hall–Kier alpha value is -4.17. The Labute approximate surface area is 212 Å². The average molecular weight is 500 g/mol. The summed E-state index contributed by atoms with van der Waals surface area (Å²) in [6, 6.07) is 19.9. The summed E-state index contributed by atoms with van der Waals surface area (Å²) in [6.07, 6.45) is 1.53. The van der Waals surface area contributed by atoms with E-state index in [1.54, 1.807) is 19.1 Å². The van der Waals surface area contributed by atoms with Crippen LogP contribution in [0, 0.1) is 6.92 Å². The van der Waals surface area contributed by atoms with E-state index < -0.39 is 23.5 Å². The van der Waals surface area contributed by atoms with Crippen LogP contribution >= 0.6 is 11.3 Å². The predicted molar refractivity (Wildman–Crippen MR) is 139 cm³/mol. The number of aryl methyl sites for hydroxylation is 1. The lowest BCUT2D eigenvalue weighted by Gasteiger charge is -2.26. The summed E-state index contributed by atoms with van der Waals surface area (Å²) >= 11 is 1.26. The SMILES string of the molecule is Cc1nc(-c2ccccc2)sc1C(=O)C1=C(O)C(=O)N(Cc2ccco2)C1c1ccc(N(C)C)cc1. The van der Waals surface area contributed by atoms with Gasteiger partial charge in [-0.3, -0.25) is 9.59 Å². The van der Waals surface area contributed by atoms with Gasteiger partial charge in [-0.15, -0.1) is 11.3 Å². The molecule has 1 aliphatic rings. The van der Waals surface area contributed by atoms with Gasteiger partial charge < -0.3 is 19.3 Å². The first kappa shape index (κ1) is 23.6. The van der Waals surface area contributed by atoms with E-state index in [1.165, 1.54) is 22.5 Å². The van der Waals surface area contributed by atoms with E-state index in [0.29, 0.717) is 21.3 Å². The van der Waals surface area contributed by atoms with Gasteiger partial charge in [0.1, 0.15) is 10.8 Å². The van der Waals surface area contributed by atoms with Gasteiger partial charge in [-0.1, -0.05) is 42.5 Å². The largest absolute Gasteiger partial charge is 0.503 e. The molecule has 36 heavy (non-hydrogen) atoms. The van der Waals surface area contributed by atoms with Crippen molar-refractivity contribution in [1.82, 2.24) is 9.88 Å². The molecule has 1 N–H and O–H groups in total. The lowest BCUT2D eigenvalue weighted by molar-refractivity contribution is -0.130. The molecule has 8 heteroatoms. The zero-order valence-electron chi connectivity index (χ0n) is 20.1. The number of thiazole rings is 1. The number of benzene rings is 2. The molecule has 0 spiro atoms. The third-order valence-electron chi connectivity index (χ3n) is 6.20. The van der Waals surface area contributed by atoms with E-state index >= 15 is 0 Å². The quantitative estimate of drug-likeness (QED) is 0.335. The van der Waals surface area contributed by atoms with Crippen LogP contribution in [0.2, 0.25) is 0 Å². The van der Waals surface area contributed by atoms with E-state index in [9.17, 15) is 14.7 Å². The van der Waals surface area contributed by atoms with Crippen LogP contribution < -0.4 is 4.90 Å². The molecular formula is C28H25N3O4S. The van der Waals surface area contributed by atoms with Crippen LogP contribution in [0.1, 0.15) is 32.7 Å². The molecule has 0 bridgehead atoms. The van der Waals surface area contributed by atoms with Gasteiger partial charge in [0.25, 0.3) is 5.91 Å². The van der Waals surface area contributed by atoms with E-state index in [2.05, 4.69) is 4.98 Å². The smallest absolute Gasteiger partial charge is 0.290 e. The fraction of sp³-hybridized carbons (Fsp3) is 0.179. The minimum Gasteiger partial charge on any atom is -0.503 e. The van der Waals surface area contributed by atoms with Crippen molar-refractivity contribution >= 4 is 28.7 Å². The number of anilines is 1. The van der Waals surface area contributed by atoms with Crippen LogP contribution in [0.25, 0.3) is 10.6 Å². The Balaban J connectivity index is 1.58. The monoisotopic (exact) mass is 499 g/mol. The molecule has 5 rings (SSSR count). The number of aliphatic hydroxyl groups excluding tert-OH is 1. The Bertz CT molecular complexity index is 1440. The molecule has 0 radical (unpaired) electrons. The summed E-state index contributed by atoms with van der Waals surface area (Å²) < 4.78 is 5.47. The van der Waals surface area contributed by atoms with Gasteiger partial charge in [0, 0.05) is 25.3 Å². The van der Waals surface area contributed by atoms with E-state index in [4.69, 9.17) is 4.42 Å². The molecule has 0 saturated carbocycles. The zero-order valence-corrected chi connectivity index (χ0v) is 21.0. The maximum absolute atomic E-state index is 13.9. The number of aliphatic hydroxyl groups is 1. The Morgan fingerprint density at radius 2 is 1.81 bits per heavy atom. The predicted octanol–water partition coefficient (Wildman–Crippen LogP) is 5.56. The standard InChI is InChI=1S/C28H25N3O4S/c1-17-26(36-27(29-17)19-8-5-4-6-9-19)24(32)22-23(18-11-13-20(14-12-18)30(2)3)31(28(34)25(22)33)16-21-10-7-15-35-21/h4-15,23,33H,16H2,1-3H3. The lowest BCUT2D eigenvalue weighted by atomic mass is 9.94. The van der Waals surface area contributed by atoms with Gasteiger partial charge >= 0.3 is 0 Å². The van der Waals surface area contributed by atoms with Crippen LogP contribution in [-0.2, 0) is 11.3 Å². The van der Waals surface area contributed by atoms with Gasteiger partial charge in [0.2, 0.25) is 5.78 Å². The van der Waals surface area contributed by atoms with Gasteiger partial charge in [-0.05, 0) is 36.8 Å². The number of ketones is 1. The highest BCUT2D eigenvalue weighted by atomic mass is 32.1. The van der Waals surface area contributed by atoms with E-state index in [-0.39, 0.29) is 12.1 Å². The molecule has 0 saturated heterocycles. The second-order valence-corrected chi connectivity index (χ2v) is 9.79. The summed E-state index contributed by atoms with van der Waals surface area (Å²) in [5.41, 5.74) is 3.21. The van der Waals surface area contributed by atoms with Crippen LogP contribution in [0.3, 0.4) is 0 Å². The van der Waals surface area contributed by atoms with Crippen molar-refractivity contribution in [1.29, 1.82) is 0 Å².